The van der Waals surface area contributed by atoms with Gasteiger partial charge >= 0.3 is 0 Å². The van der Waals surface area contributed by atoms with E-state index in [0.717, 1.165) is 31.4 Å². The zero-order valence-electron chi connectivity index (χ0n) is 23.7. The fraction of sp³-hybridized carbons (Fsp3) is 0.289. The summed E-state index contributed by atoms with van der Waals surface area (Å²) in [4.78, 5) is 7.52. The molecule has 2 nitrogen and oxygen atoms in total. The van der Waals surface area contributed by atoms with E-state index in [1.807, 2.05) is 6.20 Å². The zero-order valence-corrected chi connectivity index (χ0v) is 23.7. The molecule has 1 saturated heterocycles. The largest absolute Gasteiger partial charge is 0.295 e. The third-order valence-corrected chi connectivity index (χ3v) is 9.36. The number of benzene rings is 4. The highest BCUT2D eigenvalue weighted by atomic mass is 15.2. The number of likely N-dealkylation sites (tertiary alicyclic amines) is 1. The highest BCUT2D eigenvalue weighted by Crippen LogP contribution is 2.43. The Bertz CT molecular complexity index is 1590. The standard InChI is InChI=1S/C38H40N2/c1-4-7-16-35(33-21-22-39-37-20-13-12-19-34(33)37)38-24-27(5-2)28(6-3)25-40(38)26-36-31-17-10-8-14-29(31)23-30-15-9-11-18-32(30)36/h4,6,8-15,17-23,27-28,35,38H,1,3,5,7,16,24-26H2,2H3/t27?,28?,35-,38?/m1/s1. The molecule has 0 radical (unpaired) electrons. The molecule has 3 unspecified atom stereocenters. The quantitative estimate of drug-likeness (QED) is 0.141. The van der Waals surface area contributed by atoms with Crippen LogP contribution in [0.15, 0.2) is 116 Å². The number of piperidine rings is 1. The molecule has 2 heterocycles. The van der Waals surface area contributed by atoms with Crippen molar-refractivity contribution < 1.29 is 0 Å². The Morgan fingerprint density at radius 2 is 1.57 bits per heavy atom. The van der Waals surface area contributed by atoms with E-state index in [2.05, 4.69) is 122 Å². The van der Waals surface area contributed by atoms with E-state index in [1.165, 1.54) is 50.9 Å². The van der Waals surface area contributed by atoms with Crippen LogP contribution in [0, 0.1) is 11.8 Å². The van der Waals surface area contributed by atoms with Crippen molar-refractivity contribution in [1.82, 2.24) is 9.88 Å². The number of allylic oxidation sites excluding steroid dienone is 1. The molecule has 0 bridgehead atoms. The van der Waals surface area contributed by atoms with Gasteiger partial charge in [0.1, 0.15) is 0 Å². The molecule has 0 aliphatic carbocycles. The Hall–Kier alpha value is -3.75. The van der Waals surface area contributed by atoms with Crippen molar-refractivity contribution in [2.75, 3.05) is 6.54 Å². The molecule has 0 saturated carbocycles. The van der Waals surface area contributed by atoms with Gasteiger partial charge in [0, 0.05) is 36.6 Å². The van der Waals surface area contributed by atoms with Gasteiger partial charge in [-0.15, -0.1) is 13.2 Å². The summed E-state index contributed by atoms with van der Waals surface area (Å²) < 4.78 is 0. The number of rotatable bonds is 9. The molecule has 1 fully saturated rings. The Labute approximate surface area is 239 Å². The van der Waals surface area contributed by atoms with E-state index in [1.54, 1.807) is 0 Å². The molecule has 202 valence electrons. The van der Waals surface area contributed by atoms with Crippen molar-refractivity contribution in [3.05, 3.63) is 128 Å². The number of hydrogen-bond acceptors (Lipinski definition) is 2. The number of para-hydroxylation sites is 1. The minimum Gasteiger partial charge on any atom is -0.295 e. The van der Waals surface area contributed by atoms with E-state index >= 15 is 0 Å². The second-order valence-electron chi connectivity index (χ2n) is 11.5. The second-order valence-corrected chi connectivity index (χ2v) is 11.5. The molecule has 5 aromatic rings. The van der Waals surface area contributed by atoms with E-state index in [0.29, 0.717) is 23.8 Å². The molecular weight excluding hydrogens is 484 g/mol. The van der Waals surface area contributed by atoms with Crippen LogP contribution in [-0.4, -0.2) is 22.5 Å². The highest BCUT2D eigenvalue weighted by Gasteiger charge is 2.38. The van der Waals surface area contributed by atoms with Gasteiger partial charge in [-0.25, -0.2) is 0 Å². The van der Waals surface area contributed by atoms with Crippen LogP contribution >= 0.6 is 0 Å². The first-order valence-electron chi connectivity index (χ1n) is 14.9. The van der Waals surface area contributed by atoms with Crippen LogP contribution < -0.4 is 0 Å². The van der Waals surface area contributed by atoms with E-state index < -0.39 is 0 Å². The fourth-order valence-corrected chi connectivity index (χ4v) is 7.30. The Balaban J connectivity index is 1.50. The monoisotopic (exact) mass is 524 g/mol. The van der Waals surface area contributed by atoms with Crippen molar-refractivity contribution in [2.24, 2.45) is 11.8 Å². The number of hydrogen-bond donors (Lipinski definition) is 0. The van der Waals surface area contributed by atoms with E-state index in [-0.39, 0.29) is 0 Å². The molecular formula is C38H40N2. The molecule has 1 aromatic heterocycles. The van der Waals surface area contributed by atoms with E-state index in [9.17, 15) is 0 Å². The summed E-state index contributed by atoms with van der Waals surface area (Å²) >= 11 is 0. The van der Waals surface area contributed by atoms with Gasteiger partial charge in [-0.2, -0.15) is 0 Å². The topological polar surface area (TPSA) is 16.1 Å². The summed E-state index contributed by atoms with van der Waals surface area (Å²) in [6.45, 7) is 12.7. The summed E-state index contributed by atoms with van der Waals surface area (Å²) in [6.07, 6.45) is 10.8. The molecule has 4 aromatic carbocycles. The molecule has 2 heteroatoms. The molecule has 1 aliphatic rings. The second kappa shape index (κ2) is 11.8. The lowest BCUT2D eigenvalue weighted by Crippen LogP contribution is -2.49. The van der Waals surface area contributed by atoms with Crippen molar-refractivity contribution in [3.8, 4) is 0 Å². The fourth-order valence-electron chi connectivity index (χ4n) is 7.30. The average molecular weight is 525 g/mol. The van der Waals surface area contributed by atoms with Crippen LogP contribution in [0.1, 0.15) is 49.7 Å². The number of pyridine rings is 1. The van der Waals surface area contributed by atoms with Crippen molar-refractivity contribution in [1.29, 1.82) is 0 Å². The third kappa shape index (κ3) is 4.97. The van der Waals surface area contributed by atoms with Gasteiger partial charge < -0.3 is 0 Å². The predicted molar refractivity (Wildman–Crippen MR) is 172 cm³/mol. The van der Waals surface area contributed by atoms with Gasteiger partial charge in [-0.05, 0) is 82.0 Å². The van der Waals surface area contributed by atoms with Crippen molar-refractivity contribution in [3.63, 3.8) is 0 Å². The number of fused-ring (bicyclic) bond motifs is 3. The van der Waals surface area contributed by atoms with E-state index in [4.69, 9.17) is 4.98 Å². The van der Waals surface area contributed by atoms with Crippen LogP contribution in [0.5, 0.6) is 0 Å². The van der Waals surface area contributed by atoms with Gasteiger partial charge in [-0.1, -0.05) is 92.2 Å². The van der Waals surface area contributed by atoms with Crippen LogP contribution in [-0.2, 0) is 6.54 Å². The molecule has 0 N–H and O–H groups in total. The van der Waals surface area contributed by atoms with Crippen molar-refractivity contribution in [2.45, 2.75) is 51.1 Å². The van der Waals surface area contributed by atoms with Crippen LogP contribution in [0.25, 0.3) is 32.4 Å². The van der Waals surface area contributed by atoms with Crippen LogP contribution in [0.2, 0.25) is 0 Å². The van der Waals surface area contributed by atoms with Crippen LogP contribution in [0.3, 0.4) is 0 Å². The molecule has 4 atom stereocenters. The lowest BCUT2D eigenvalue weighted by atomic mass is 9.73. The molecule has 1 aliphatic heterocycles. The van der Waals surface area contributed by atoms with Crippen molar-refractivity contribution >= 4 is 32.4 Å². The molecule has 0 amide bonds. The highest BCUT2D eigenvalue weighted by molar-refractivity contribution is 6.02. The number of nitrogens with zero attached hydrogens (tertiary/aromatic N) is 2. The number of aromatic nitrogens is 1. The van der Waals surface area contributed by atoms with Crippen LogP contribution in [0.4, 0.5) is 0 Å². The SMILES string of the molecule is C=CCC[C@H](c1ccnc2ccccc12)C1CC(CC)C(C=C)CN1Cc1c2ccccc2cc2ccccc12. The summed E-state index contributed by atoms with van der Waals surface area (Å²) in [5.41, 5.74) is 3.96. The summed E-state index contributed by atoms with van der Waals surface area (Å²) in [5, 5.41) is 6.66. The third-order valence-electron chi connectivity index (χ3n) is 9.36. The first kappa shape index (κ1) is 26.5. The first-order chi connectivity index (χ1) is 19.7. The maximum atomic E-state index is 4.71. The molecule has 0 spiro atoms. The maximum absolute atomic E-state index is 4.71. The molecule has 6 rings (SSSR count). The Morgan fingerprint density at radius 3 is 2.25 bits per heavy atom. The molecule has 40 heavy (non-hydrogen) atoms. The average Bonchev–Trinajstić information content (AvgIpc) is 3.01. The van der Waals surface area contributed by atoms with Gasteiger partial charge in [0.2, 0.25) is 0 Å². The zero-order chi connectivity index (χ0) is 27.5. The smallest absolute Gasteiger partial charge is 0.0704 e. The van der Waals surface area contributed by atoms with Gasteiger partial charge in [0.15, 0.2) is 0 Å². The minimum absolute atomic E-state index is 0.395. The lowest BCUT2D eigenvalue weighted by molar-refractivity contribution is 0.0551. The van der Waals surface area contributed by atoms with Gasteiger partial charge in [0.05, 0.1) is 5.52 Å². The van der Waals surface area contributed by atoms with Gasteiger partial charge in [0.25, 0.3) is 0 Å². The normalized spacial score (nSPS) is 20.6. The Morgan fingerprint density at radius 1 is 0.900 bits per heavy atom. The summed E-state index contributed by atoms with van der Waals surface area (Å²) in [7, 11) is 0. The Kier molecular flexibility index (Phi) is 7.80. The first-order valence-corrected chi connectivity index (χ1v) is 14.9. The lowest BCUT2D eigenvalue weighted by Gasteiger charge is -2.47. The summed E-state index contributed by atoms with van der Waals surface area (Å²) in [6, 6.07) is 31.5. The maximum Gasteiger partial charge on any atom is 0.0704 e. The summed E-state index contributed by atoms with van der Waals surface area (Å²) in [5.74, 6) is 1.53. The minimum atomic E-state index is 0.395. The van der Waals surface area contributed by atoms with Gasteiger partial charge in [-0.3, -0.25) is 9.88 Å². The predicted octanol–water partition coefficient (Wildman–Crippen LogP) is 9.69.